The lowest BCUT2D eigenvalue weighted by molar-refractivity contribution is -0.142. The number of aliphatic carboxylic acids is 2. The Kier molecular flexibility index (Phi) is 13.6. The van der Waals surface area contributed by atoms with Gasteiger partial charge >= 0.3 is 11.9 Å². The van der Waals surface area contributed by atoms with Crippen molar-refractivity contribution < 1.29 is 52.4 Å². The molecule has 0 spiro atoms. The van der Waals surface area contributed by atoms with E-state index in [-0.39, 0.29) is 70.7 Å². The number of amides is 2. The van der Waals surface area contributed by atoms with E-state index in [9.17, 15) is 29.4 Å². The largest absolute Gasteiger partial charge is 0.493 e. The maximum absolute atomic E-state index is 16.2. The molecule has 2 unspecified atom stereocenters. The maximum atomic E-state index is 16.2. The summed E-state index contributed by atoms with van der Waals surface area (Å²) in [7, 11) is 0. The monoisotopic (exact) mass is 1040 g/mol. The van der Waals surface area contributed by atoms with Gasteiger partial charge in [-0.3, -0.25) is 14.5 Å². The SMILES string of the molecule is C[C@@H](c1cc(Cl)cc(Cl)c1)N1CCC(COc2cc(F)c(C(=O)N3CSC[C@H]3C(=O)O)cc2C2CC2O[C@H]2C[C@@H](C(=O)O)N(C(=O)c3cc(C4CC4)c(OCC45CC6CC(CC(C6)C4)C5)cc3F)C2)CC1. The molecule has 0 aromatic heterocycles. The molecule has 3 aromatic carbocycles. The Hall–Kier alpha value is -4.15. The normalized spacial score (nSPS) is 30.7. The third-order valence-corrected chi connectivity index (χ3v) is 18.6. The fraction of sp³-hybridized carbons (Fsp3) is 0.593. The Morgan fingerprint density at radius 1 is 0.746 bits per heavy atom. The van der Waals surface area contributed by atoms with Crippen LogP contribution in [0, 0.1) is 40.7 Å². The number of carboxylic acids is 2. The van der Waals surface area contributed by atoms with Gasteiger partial charge in [0, 0.05) is 63.8 Å². The van der Waals surface area contributed by atoms with Gasteiger partial charge in [0.15, 0.2) is 0 Å². The number of thioether (sulfide) groups is 1. The molecular formula is C54H61Cl2F2N3O9S. The van der Waals surface area contributed by atoms with Crippen LogP contribution in [0.1, 0.15) is 139 Å². The minimum atomic E-state index is -1.26. The molecule has 71 heavy (non-hydrogen) atoms. The molecule has 3 aromatic rings. The average Bonchev–Trinajstić information content (AvgIpc) is 4.22. The quantitative estimate of drug-likeness (QED) is 0.141. The van der Waals surface area contributed by atoms with E-state index in [1.807, 2.05) is 12.1 Å². The van der Waals surface area contributed by atoms with Gasteiger partial charge in [-0.25, -0.2) is 18.4 Å². The molecule has 9 aliphatic rings. The topological polar surface area (TPSA) is 146 Å². The average molecular weight is 1040 g/mol. The first kappa shape index (κ1) is 49.1. The van der Waals surface area contributed by atoms with Crippen molar-refractivity contribution in [2.24, 2.45) is 29.1 Å². The van der Waals surface area contributed by atoms with E-state index in [4.69, 9.17) is 37.4 Å². The number of carbonyl (C=O) groups is 4. The zero-order chi connectivity index (χ0) is 49.5. The number of piperidine rings is 1. The second-order valence-electron chi connectivity index (χ2n) is 22.2. The summed E-state index contributed by atoms with van der Waals surface area (Å²) in [6.07, 6.45) is 10.1. The van der Waals surface area contributed by atoms with Crippen molar-refractivity contribution in [1.82, 2.24) is 14.7 Å². The molecule has 12 nitrogen and oxygen atoms in total. The number of ether oxygens (including phenoxy) is 3. The smallest absolute Gasteiger partial charge is 0.327 e. The summed E-state index contributed by atoms with van der Waals surface area (Å²) in [6, 6.07) is 8.87. The first-order valence-electron chi connectivity index (χ1n) is 25.5. The molecule has 6 saturated carbocycles. The Bertz CT molecular complexity index is 2560. The van der Waals surface area contributed by atoms with Gasteiger partial charge in [0.05, 0.1) is 42.4 Å². The second kappa shape index (κ2) is 19.6. The molecule has 9 fully saturated rings. The molecule has 2 amide bonds. The van der Waals surface area contributed by atoms with Crippen LogP contribution in [0.4, 0.5) is 8.78 Å². The number of likely N-dealkylation sites (tertiary alicyclic amines) is 2. The Morgan fingerprint density at radius 2 is 1.34 bits per heavy atom. The van der Waals surface area contributed by atoms with E-state index < -0.39 is 59.7 Å². The number of halogens is 4. The fourth-order valence-electron chi connectivity index (χ4n) is 13.6. The zero-order valence-electron chi connectivity index (χ0n) is 39.8. The van der Waals surface area contributed by atoms with Gasteiger partial charge in [0.2, 0.25) is 0 Å². The van der Waals surface area contributed by atoms with Crippen LogP contribution in [0.2, 0.25) is 10.0 Å². The molecule has 12 rings (SSSR count). The molecule has 3 aliphatic heterocycles. The molecule has 6 aliphatic carbocycles. The molecule has 380 valence electrons. The Labute approximate surface area is 427 Å². The molecule has 3 saturated heterocycles. The highest BCUT2D eigenvalue weighted by molar-refractivity contribution is 7.99. The van der Waals surface area contributed by atoms with Crippen LogP contribution in [0.3, 0.4) is 0 Å². The van der Waals surface area contributed by atoms with E-state index in [0.29, 0.717) is 41.0 Å². The zero-order valence-corrected chi connectivity index (χ0v) is 42.2. The van der Waals surface area contributed by atoms with E-state index in [1.165, 1.54) is 59.0 Å². The standard InChI is InChI=1S/C54H61Cl2F2N3O9S/c1-28(34-11-35(55)13-36(56)12-34)59-6-4-29(5-7-59)24-68-48-19-44(58)42(51(63)61-27-71-25-46(61)53(66)67)16-39(48)40-17-49(40)70-37-14-45(52(64)65)60(23-37)50(62)41-15-38(33-2-3-33)47(18-43(41)57)69-26-54-20-30-8-31(21-54)10-32(9-30)22-54/h11-13,15-16,18-19,28-33,37,40,45-46,49H,2-10,14,17,20-27H2,1H3,(H,64,65)(H,66,67)/t28-,30?,31?,32?,37-,40?,45-,46-,49?,54?/m0/s1. The summed E-state index contributed by atoms with van der Waals surface area (Å²) in [4.78, 5) is 57.6. The van der Waals surface area contributed by atoms with Crippen LogP contribution in [0.15, 0.2) is 42.5 Å². The maximum Gasteiger partial charge on any atom is 0.327 e. The van der Waals surface area contributed by atoms with E-state index >= 15 is 8.78 Å². The third-order valence-electron chi connectivity index (χ3n) is 17.2. The van der Waals surface area contributed by atoms with Crippen LogP contribution in [-0.2, 0) is 14.3 Å². The van der Waals surface area contributed by atoms with Crippen LogP contribution in [-0.4, -0.2) is 117 Å². The van der Waals surface area contributed by atoms with Crippen LogP contribution < -0.4 is 9.47 Å². The third kappa shape index (κ3) is 10.1. The van der Waals surface area contributed by atoms with Gasteiger partial charge in [-0.15, -0.1) is 11.8 Å². The highest BCUT2D eigenvalue weighted by Crippen LogP contribution is 2.60. The summed E-state index contributed by atoms with van der Waals surface area (Å²) in [5.74, 6) is -2.19. The van der Waals surface area contributed by atoms with Gasteiger partial charge in [-0.2, -0.15) is 0 Å². The lowest BCUT2D eigenvalue weighted by atomic mass is 9.50. The van der Waals surface area contributed by atoms with Gasteiger partial charge in [-0.05, 0) is 162 Å². The van der Waals surface area contributed by atoms with Crippen molar-refractivity contribution in [3.63, 3.8) is 0 Å². The van der Waals surface area contributed by atoms with Crippen LogP contribution >= 0.6 is 35.0 Å². The molecule has 2 N–H and O–H groups in total. The van der Waals surface area contributed by atoms with Crippen molar-refractivity contribution in [3.05, 3.63) is 92.0 Å². The molecule has 4 bridgehead atoms. The van der Waals surface area contributed by atoms with E-state index in [2.05, 4.69) is 11.8 Å². The van der Waals surface area contributed by atoms with E-state index in [0.717, 1.165) is 86.9 Å². The predicted octanol–water partition coefficient (Wildman–Crippen LogP) is 10.4. The number of benzene rings is 3. The van der Waals surface area contributed by atoms with Gasteiger partial charge in [-0.1, -0.05) is 23.2 Å². The Morgan fingerprint density at radius 3 is 1.94 bits per heavy atom. The highest BCUT2D eigenvalue weighted by Gasteiger charge is 2.52. The summed E-state index contributed by atoms with van der Waals surface area (Å²) in [5, 5.41) is 21.4. The number of hydrogen-bond acceptors (Lipinski definition) is 9. The number of carboxylic acid groups (broad SMARTS) is 2. The number of hydrogen-bond donors (Lipinski definition) is 2. The number of rotatable bonds is 16. The lowest BCUT2D eigenvalue weighted by Gasteiger charge is -2.56. The molecule has 17 heteroatoms. The van der Waals surface area contributed by atoms with Crippen molar-refractivity contribution in [2.75, 3.05) is 44.5 Å². The number of carbonyl (C=O) groups excluding carboxylic acids is 2. The van der Waals surface area contributed by atoms with Gasteiger partial charge in [0.1, 0.15) is 35.2 Å². The molecule has 3 heterocycles. The summed E-state index contributed by atoms with van der Waals surface area (Å²) < 4.78 is 51.8. The van der Waals surface area contributed by atoms with Crippen LogP contribution in [0.25, 0.3) is 0 Å². The van der Waals surface area contributed by atoms with Gasteiger partial charge in [0.25, 0.3) is 11.8 Å². The number of nitrogens with zero attached hydrogens (tertiary/aromatic N) is 3. The van der Waals surface area contributed by atoms with Crippen LogP contribution in [0.5, 0.6) is 11.5 Å². The minimum absolute atomic E-state index is 0.0188. The van der Waals surface area contributed by atoms with Gasteiger partial charge < -0.3 is 34.2 Å². The summed E-state index contributed by atoms with van der Waals surface area (Å²) in [6.45, 7) is 4.46. The van der Waals surface area contributed by atoms with E-state index in [1.54, 1.807) is 12.1 Å². The lowest BCUT2D eigenvalue weighted by Crippen LogP contribution is -2.48. The molecular weight excluding hydrogens is 976 g/mol. The first-order valence-corrected chi connectivity index (χ1v) is 27.4. The second-order valence-corrected chi connectivity index (χ2v) is 24.1. The van der Waals surface area contributed by atoms with Crippen molar-refractivity contribution in [2.45, 2.75) is 126 Å². The Balaban J connectivity index is 0.776. The molecule has 6 atom stereocenters. The highest BCUT2D eigenvalue weighted by atomic mass is 35.5. The first-order chi connectivity index (χ1) is 34.1. The fourth-order valence-corrected chi connectivity index (χ4v) is 15.3. The summed E-state index contributed by atoms with van der Waals surface area (Å²) >= 11 is 13.9. The molecule has 0 radical (unpaired) electrons. The van der Waals surface area contributed by atoms with Crippen molar-refractivity contribution in [1.29, 1.82) is 0 Å². The van der Waals surface area contributed by atoms with Crippen molar-refractivity contribution in [3.8, 4) is 11.5 Å². The predicted molar refractivity (Wildman–Crippen MR) is 264 cm³/mol. The minimum Gasteiger partial charge on any atom is -0.493 e. The summed E-state index contributed by atoms with van der Waals surface area (Å²) in [5.41, 5.74) is 2.04. The van der Waals surface area contributed by atoms with Crippen molar-refractivity contribution >= 4 is 58.7 Å².